The molecule has 0 bridgehead atoms. The van der Waals surface area contributed by atoms with Crippen molar-refractivity contribution in [3.63, 3.8) is 0 Å². The Bertz CT molecular complexity index is 792. The SMILES string of the molecule is COc1cc(OC)cc(C(=O)NC[C@H]2CCCN(c3nccc(OC)n3)C2)c1. The summed E-state index contributed by atoms with van der Waals surface area (Å²) in [7, 11) is 4.72. The van der Waals surface area contributed by atoms with Crippen LogP contribution in [0.3, 0.4) is 0 Å². The Morgan fingerprint density at radius 3 is 2.61 bits per heavy atom. The van der Waals surface area contributed by atoms with Gasteiger partial charge in [-0.15, -0.1) is 0 Å². The lowest BCUT2D eigenvalue weighted by molar-refractivity contribution is 0.0945. The molecule has 0 radical (unpaired) electrons. The molecule has 1 aliphatic rings. The number of carbonyl (C=O) groups is 1. The zero-order chi connectivity index (χ0) is 19.9. The molecule has 1 aliphatic heterocycles. The van der Waals surface area contributed by atoms with Crippen LogP contribution >= 0.6 is 0 Å². The number of nitrogens with one attached hydrogen (secondary N) is 1. The van der Waals surface area contributed by atoms with Gasteiger partial charge >= 0.3 is 0 Å². The summed E-state index contributed by atoms with van der Waals surface area (Å²) < 4.78 is 15.6. The number of carbonyl (C=O) groups excluding carboxylic acids is 1. The van der Waals surface area contributed by atoms with Gasteiger partial charge in [0.05, 0.1) is 21.3 Å². The Hall–Kier alpha value is -3.03. The highest BCUT2D eigenvalue weighted by Crippen LogP contribution is 2.23. The van der Waals surface area contributed by atoms with Gasteiger partial charge in [-0.3, -0.25) is 4.79 Å². The summed E-state index contributed by atoms with van der Waals surface area (Å²) in [5.74, 6) is 2.55. The van der Waals surface area contributed by atoms with Crippen LogP contribution in [-0.4, -0.2) is 56.8 Å². The molecule has 1 atom stereocenters. The van der Waals surface area contributed by atoms with Crippen LogP contribution in [0.25, 0.3) is 0 Å². The average molecular weight is 386 g/mol. The van der Waals surface area contributed by atoms with Crippen molar-refractivity contribution in [3.05, 3.63) is 36.0 Å². The second-order valence-corrected chi connectivity index (χ2v) is 6.66. The molecular weight excluding hydrogens is 360 g/mol. The number of aromatic nitrogens is 2. The minimum absolute atomic E-state index is 0.146. The van der Waals surface area contributed by atoms with Crippen LogP contribution in [0.4, 0.5) is 5.95 Å². The van der Waals surface area contributed by atoms with Gasteiger partial charge in [0.1, 0.15) is 11.5 Å². The fraction of sp³-hybridized carbons (Fsp3) is 0.450. The van der Waals surface area contributed by atoms with Crippen LogP contribution in [-0.2, 0) is 0 Å². The van der Waals surface area contributed by atoms with E-state index in [-0.39, 0.29) is 5.91 Å². The first kappa shape index (κ1) is 19.7. The molecule has 3 rings (SSSR count). The van der Waals surface area contributed by atoms with Gasteiger partial charge in [0, 0.05) is 43.5 Å². The Morgan fingerprint density at radius 2 is 1.93 bits per heavy atom. The first-order valence-electron chi connectivity index (χ1n) is 9.26. The van der Waals surface area contributed by atoms with Gasteiger partial charge in [-0.05, 0) is 30.9 Å². The third-order valence-corrected chi connectivity index (χ3v) is 4.79. The van der Waals surface area contributed by atoms with E-state index in [1.54, 1.807) is 51.8 Å². The van der Waals surface area contributed by atoms with E-state index in [0.717, 1.165) is 25.9 Å². The lowest BCUT2D eigenvalue weighted by Crippen LogP contribution is -2.41. The molecule has 1 saturated heterocycles. The summed E-state index contributed by atoms with van der Waals surface area (Å²) >= 11 is 0. The Labute approximate surface area is 164 Å². The van der Waals surface area contributed by atoms with Gasteiger partial charge < -0.3 is 24.4 Å². The molecule has 2 aromatic rings. The van der Waals surface area contributed by atoms with Gasteiger partial charge in [-0.1, -0.05) is 0 Å². The van der Waals surface area contributed by atoms with E-state index in [0.29, 0.717) is 41.4 Å². The summed E-state index contributed by atoms with van der Waals surface area (Å²) in [4.78, 5) is 23.5. The number of piperidine rings is 1. The molecule has 0 aliphatic carbocycles. The van der Waals surface area contributed by atoms with Crippen molar-refractivity contribution < 1.29 is 19.0 Å². The lowest BCUT2D eigenvalue weighted by Gasteiger charge is -2.32. The number of anilines is 1. The fourth-order valence-corrected chi connectivity index (χ4v) is 3.29. The van der Waals surface area contributed by atoms with E-state index in [1.807, 2.05) is 0 Å². The van der Waals surface area contributed by atoms with Crippen molar-refractivity contribution in [1.29, 1.82) is 0 Å². The Morgan fingerprint density at radius 1 is 1.18 bits per heavy atom. The van der Waals surface area contributed by atoms with E-state index in [1.165, 1.54) is 0 Å². The molecule has 0 saturated carbocycles. The number of methoxy groups -OCH3 is 3. The van der Waals surface area contributed by atoms with E-state index in [9.17, 15) is 4.79 Å². The maximum absolute atomic E-state index is 12.6. The van der Waals surface area contributed by atoms with Crippen LogP contribution in [0.2, 0.25) is 0 Å². The number of hydrogen-bond acceptors (Lipinski definition) is 7. The number of hydrogen-bond donors (Lipinski definition) is 1. The molecule has 8 nitrogen and oxygen atoms in total. The topological polar surface area (TPSA) is 85.8 Å². The third kappa shape index (κ3) is 4.82. The van der Waals surface area contributed by atoms with E-state index in [4.69, 9.17) is 14.2 Å². The van der Waals surface area contributed by atoms with Crippen LogP contribution in [0.5, 0.6) is 17.4 Å². The van der Waals surface area contributed by atoms with Crippen molar-refractivity contribution >= 4 is 11.9 Å². The first-order valence-corrected chi connectivity index (χ1v) is 9.26. The molecule has 8 heteroatoms. The zero-order valence-corrected chi connectivity index (χ0v) is 16.5. The van der Waals surface area contributed by atoms with Crippen molar-refractivity contribution in [2.24, 2.45) is 5.92 Å². The highest BCUT2D eigenvalue weighted by molar-refractivity contribution is 5.95. The number of amides is 1. The molecule has 28 heavy (non-hydrogen) atoms. The number of ether oxygens (including phenoxy) is 3. The predicted octanol–water partition coefficient (Wildman–Crippen LogP) is 2.15. The summed E-state index contributed by atoms with van der Waals surface area (Å²) in [6.45, 7) is 2.26. The van der Waals surface area contributed by atoms with Crippen LogP contribution < -0.4 is 24.4 Å². The highest BCUT2D eigenvalue weighted by Gasteiger charge is 2.23. The molecule has 0 spiro atoms. The van der Waals surface area contributed by atoms with Gasteiger partial charge in [0.25, 0.3) is 5.91 Å². The third-order valence-electron chi connectivity index (χ3n) is 4.79. The minimum Gasteiger partial charge on any atom is -0.497 e. The monoisotopic (exact) mass is 386 g/mol. The van der Waals surface area contributed by atoms with Crippen LogP contribution in [0, 0.1) is 5.92 Å². The molecule has 2 heterocycles. The maximum Gasteiger partial charge on any atom is 0.251 e. The summed E-state index contributed by atoms with van der Waals surface area (Å²) in [5.41, 5.74) is 0.514. The Kier molecular flexibility index (Phi) is 6.52. The number of benzene rings is 1. The molecular formula is C20H26N4O4. The van der Waals surface area contributed by atoms with Gasteiger partial charge in [0.15, 0.2) is 0 Å². The number of rotatable bonds is 7. The Balaban J connectivity index is 1.60. The van der Waals surface area contributed by atoms with Gasteiger partial charge in [-0.25, -0.2) is 4.98 Å². The van der Waals surface area contributed by atoms with Crippen molar-refractivity contribution in [3.8, 4) is 17.4 Å². The van der Waals surface area contributed by atoms with E-state index >= 15 is 0 Å². The minimum atomic E-state index is -0.146. The van der Waals surface area contributed by atoms with E-state index < -0.39 is 0 Å². The van der Waals surface area contributed by atoms with Gasteiger partial charge in [-0.2, -0.15) is 4.98 Å². The van der Waals surface area contributed by atoms with Crippen LogP contribution in [0.1, 0.15) is 23.2 Å². The van der Waals surface area contributed by atoms with E-state index in [2.05, 4.69) is 20.2 Å². The maximum atomic E-state index is 12.6. The molecule has 0 unspecified atom stereocenters. The normalized spacial score (nSPS) is 16.4. The molecule has 1 fully saturated rings. The summed E-state index contributed by atoms with van der Waals surface area (Å²) in [6.07, 6.45) is 3.76. The van der Waals surface area contributed by atoms with Crippen molar-refractivity contribution in [1.82, 2.24) is 15.3 Å². The highest BCUT2D eigenvalue weighted by atomic mass is 16.5. The van der Waals surface area contributed by atoms with Crippen molar-refractivity contribution in [2.45, 2.75) is 12.8 Å². The second-order valence-electron chi connectivity index (χ2n) is 6.66. The molecule has 1 aromatic heterocycles. The molecule has 1 N–H and O–H groups in total. The predicted molar refractivity (Wildman–Crippen MR) is 105 cm³/mol. The van der Waals surface area contributed by atoms with Gasteiger partial charge in [0.2, 0.25) is 11.8 Å². The first-order chi connectivity index (χ1) is 13.6. The molecule has 150 valence electrons. The largest absolute Gasteiger partial charge is 0.497 e. The fourth-order valence-electron chi connectivity index (χ4n) is 3.29. The average Bonchev–Trinajstić information content (AvgIpc) is 2.77. The molecule has 1 amide bonds. The second kappa shape index (κ2) is 9.25. The zero-order valence-electron chi connectivity index (χ0n) is 16.5. The number of nitrogens with zero attached hydrogens (tertiary/aromatic N) is 3. The summed E-state index contributed by atoms with van der Waals surface area (Å²) in [5, 5.41) is 3.02. The summed E-state index contributed by atoms with van der Waals surface area (Å²) in [6, 6.07) is 6.88. The molecule has 1 aromatic carbocycles. The van der Waals surface area contributed by atoms with Crippen molar-refractivity contribution in [2.75, 3.05) is 45.9 Å². The van der Waals surface area contributed by atoms with Crippen LogP contribution in [0.15, 0.2) is 30.5 Å². The lowest BCUT2D eigenvalue weighted by atomic mass is 9.98. The quantitative estimate of drug-likeness (QED) is 0.780. The standard InChI is InChI=1S/C20H26N4O4/c1-26-16-9-15(10-17(11-16)27-2)19(25)22-12-14-5-4-8-24(13-14)20-21-7-6-18(23-20)28-3/h6-7,9-11,14H,4-5,8,12-13H2,1-3H3,(H,22,25)/t14-/m1/s1. The smallest absolute Gasteiger partial charge is 0.251 e.